The number of rotatable bonds is 7. The summed E-state index contributed by atoms with van der Waals surface area (Å²) in [5, 5.41) is 8.61. The van der Waals surface area contributed by atoms with Crippen LogP contribution in [0.25, 0.3) is 0 Å². The minimum absolute atomic E-state index is 0.306. The van der Waals surface area contributed by atoms with E-state index in [1.807, 2.05) is 30.0 Å². The zero-order valence-electron chi connectivity index (χ0n) is 9.19. The highest BCUT2D eigenvalue weighted by Gasteiger charge is 2.02. The fourth-order valence-corrected chi connectivity index (χ4v) is 2.18. The molecule has 0 radical (unpaired) electrons. The number of thioether (sulfide) groups is 1. The van der Waals surface area contributed by atoms with Crippen molar-refractivity contribution in [2.45, 2.75) is 18.6 Å². The third-order valence-corrected chi connectivity index (χ3v) is 3.30. The van der Waals surface area contributed by atoms with Gasteiger partial charge in [0.05, 0.1) is 0 Å². The van der Waals surface area contributed by atoms with E-state index in [1.54, 1.807) is 0 Å². The monoisotopic (exact) mass is 236 g/mol. The number of benzene rings is 1. The van der Waals surface area contributed by atoms with E-state index in [2.05, 4.69) is 18.7 Å². The number of carboxylic acids is 1. The molecule has 0 unspecified atom stereocenters. The molecule has 86 valence electrons. The van der Waals surface area contributed by atoms with Gasteiger partial charge in [-0.1, -0.05) is 36.9 Å². The predicted octanol–water partition coefficient (Wildman–Crippen LogP) is 3.34. The van der Waals surface area contributed by atoms with Crippen molar-refractivity contribution in [3.8, 4) is 0 Å². The van der Waals surface area contributed by atoms with Gasteiger partial charge in [0.2, 0.25) is 0 Å². The van der Waals surface area contributed by atoms with Crippen molar-refractivity contribution in [2.75, 3.05) is 5.75 Å². The molecule has 0 aliphatic rings. The van der Waals surface area contributed by atoms with Crippen LogP contribution >= 0.6 is 11.8 Å². The maximum absolute atomic E-state index is 10.5. The molecule has 0 aliphatic heterocycles. The van der Waals surface area contributed by atoms with Crippen LogP contribution in [0.5, 0.6) is 0 Å². The van der Waals surface area contributed by atoms with Crippen LogP contribution in [0.4, 0.5) is 0 Å². The second-order valence-corrected chi connectivity index (χ2v) is 4.66. The standard InChI is InChI=1S/C13H16O2S/c1-11(13(14)15)6-5-9-16-10-12-7-3-2-4-8-12/h2-4,7-8H,1,5-6,9-10H2,(H,14,15). The van der Waals surface area contributed by atoms with Crippen LogP contribution in [0.1, 0.15) is 18.4 Å². The number of carbonyl (C=O) groups is 1. The zero-order valence-corrected chi connectivity index (χ0v) is 10.0. The predicted molar refractivity (Wildman–Crippen MR) is 68.6 cm³/mol. The molecule has 1 rings (SSSR count). The molecule has 0 spiro atoms. The number of hydrogen-bond acceptors (Lipinski definition) is 2. The SMILES string of the molecule is C=C(CCCSCc1ccccc1)C(=O)O. The van der Waals surface area contributed by atoms with Crippen LogP contribution < -0.4 is 0 Å². The molecule has 0 bridgehead atoms. The van der Waals surface area contributed by atoms with Gasteiger partial charge in [-0.2, -0.15) is 11.8 Å². The van der Waals surface area contributed by atoms with Crippen LogP contribution in [0.3, 0.4) is 0 Å². The Morgan fingerprint density at radius 1 is 1.31 bits per heavy atom. The van der Waals surface area contributed by atoms with E-state index in [1.165, 1.54) is 5.56 Å². The van der Waals surface area contributed by atoms with Crippen molar-refractivity contribution in [1.29, 1.82) is 0 Å². The fourth-order valence-electron chi connectivity index (χ4n) is 1.26. The fraction of sp³-hybridized carbons (Fsp3) is 0.308. The van der Waals surface area contributed by atoms with Gasteiger partial charge in [-0.05, 0) is 24.2 Å². The lowest BCUT2D eigenvalue weighted by molar-refractivity contribution is -0.132. The van der Waals surface area contributed by atoms with Gasteiger partial charge in [-0.15, -0.1) is 0 Å². The summed E-state index contributed by atoms with van der Waals surface area (Å²) < 4.78 is 0. The molecule has 1 N–H and O–H groups in total. The van der Waals surface area contributed by atoms with Gasteiger partial charge in [0.25, 0.3) is 0 Å². The van der Waals surface area contributed by atoms with E-state index in [0.717, 1.165) is 17.9 Å². The lowest BCUT2D eigenvalue weighted by Crippen LogP contribution is -1.99. The Bertz CT molecular complexity index is 346. The Hall–Kier alpha value is -1.22. The summed E-state index contributed by atoms with van der Waals surface area (Å²) in [5.41, 5.74) is 1.62. The third-order valence-electron chi connectivity index (χ3n) is 2.18. The van der Waals surface area contributed by atoms with Gasteiger partial charge in [-0.25, -0.2) is 4.79 Å². The van der Waals surface area contributed by atoms with E-state index in [0.29, 0.717) is 12.0 Å². The van der Waals surface area contributed by atoms with E-state index in [4.69, 9.17) is 5.11 Å². The largest absolute Gasteiger partial charge is 0.478 e. The quantitative estimate of drug-likeness (QED) is 0.582. The first kappa shape index (κ1) is 12.8. The van der Waals surface area contributed by atoms with Crippen molar-refractivity contribution >= 4 is 17.7 Å². The molecule has 0 aromatic heterocycles. The minimum Gasteiger partial charge on any atom is -0.478 e. The second kappa shape index (κ2) is 7.12. The first-order valence-corrected chi connectivity index (χ1v) is 6.38. The first-order chi connectivity index (χ1) is 7.70. The van der Waals surface area contributed by atoms with Crippen molar-refractivity contribution in [1.82, 2.24) is 0 Å². The highest BCUT2D eigenvalue weighted by molar-refractivity contribution is 7.98. The van der Waals surface area contributed by atoms with Crippen molar-refractivity contribution < 1.29 is 9.90 Å². The van der Waals surface area contributed by atoms with Gasteiger partial charge < -0.3 is 5.11 Å². The van der Waals surface area contributed by atoms with Crippen LogP contribution in [0, 0.1) is 0 Å². The van der Waals surface area contributed by atoms with Crippen LogP contribution in [0.15, 0.2) is 42.5 Å². The Morgan fingerprint density at radius 2 is 2.00 bits per heavy atom. The molecular weight excluding hydrogens is 220 g/mol. The zero-order chi connectivity index (χ0) is 11.8. The molecular formula is C13H16O2S. The molecule has 3 heteroatoms. The summed E-state index contributed by atoms with van der Waals surface area (Å²) in [6, 6.07) is 10.3. The summed E-state index contributed by atoms with van der Waals surface area (Å²) in [4.78, 5) is 10.5. The van der Waals surface area contributed by atoms with E-state index < -0.39 is 5.97 Å². The van der Waals surface area contributed by atoms with Gasteiger partial charge in [-0.3, -0.25) is 0 Å². The van der Waals surface area contributed by atoms with Gasteiger partial charge in [0.15, 0.2) is 0 Å². The molecule has 16 heavy (non-hydrogen) atoms. The Kier molecular flexibility index (Phi) is 5.72. The molecule has 2 nitrogen and oxygen atoms in total. The van der Waals surface area contributed by atoms with Gasteiger partial charge >= 0.3 is 5.97 Å². The van der Waals surface area contributed by atoms with Crippen molar-refractivity contribution in [3.63, 3.8) is 0 Å². The maximum Gasteiger partial charge on any atom is 0.330 e. The van der Waals surface area contributed by atoms with Gasteiger partial charge in [0, 0.05) is 11.3 Å². The average molecular weight is 236 g/mol. The molecule has 0 amide bonds. The van der Waals surface area contributed by atoms with Crippen LogP contribution in [-0.4, -0.2) is 16.8 Å². The maximum atomic E-state index is 10.5. The number of carboxylic acid groups (broad SMARTS) is 1. The molecule has 0 heterocycles. The van der Waals surface area contributed by atoms with E-state index in [-0.39, 0.29) is 0 Å². The van der Waals surface area contributed by atoms with E-state index >= 15 is 0 Å². The van der Waals surface area contributed by atoms with Crippen molar-refractivity contribution in [2.24, 2.45) is 0 Å². The highest BCUT2D eigenvalue weighted by atomic mass is 32.2. The van der Waals surface area contributed by atoms with E-state index in [9.17, 15) is 4.79 Å². The van der Waals surface area contributed by atoms with Crippen molar-refractivity contribution in [3.05, 3.63) is 48.0 Å². The smallest absolute Gasteiger partial charge is 0.330 e. The summed E-state index contributed by atoms with van der Waals surface area (Å²) in [6.45, 7) is 3.50. The summed E-state index contributed by atoms with van der Waals surface area (Å²) in [7, 11) is 0. The molecule has 0 saturated carbocycles. The normalized spacial score (nSPS) is 10.0. The topological polar surface area (TPSA) is 37.3 Å². The highest BCUT2D eigenvalue weighted by Crippen LogP contribution is 2.14. The first-order valence-electron chi connectivity index (χ1n) is 5.23. The minimum atomic E-state index is -0.881. The van der Waals surface area contributed by atoms with Gasteiger partial charge in [0.1, 0.15) is 0 Å². The average Bonchev–Trinajstić information content (AvgIpc) is 2.29. The van der Waals surface area contributed by atoms with Crippen LogP contribution in [0.2, 0.25) is 0 Å². The Balaban J connectivity index is 2.09. The molecule has 1 aromatic rings. The van der Waals surface area contributed by atoms with Crippen LogP contribution in [-0.2, 0) is 10.5 Å². The second-order valence-electron chi connectivity index (χ2n) is 3.55. The lowest BCUT2D eigenvalue weighted by atomic mass is 10.2. The number of hydrogen-bond donors (Lipinski definition) is 1. The third kappa shape index (κ3) is 5.03. The molecule has 1 aromatic carbocycles. The molecule has 0 atom stereocenters. The summed E-state index contributed by atoms with van der Waals surface area (Å²) >= 11 is 1.83. The molecule has 0 saturated heterocycles. The Labute approximate surface area is 100 Å². The molecule has 0 aliphatic carbocycles. The summed E-state index contributed by atoms with van der Waals surface area (Å²) in [5.74, 6) is 1.08. The Morgan fingerprint density at radius 3 is 2.62 bits per heavy atom. The lowest BCUT2D eigenvalue weighted by Gasteiger charge is -2.02. The summed E-state index contributed by atoms with van der Waals surface area (Å²) in [6.07, 6.45) is 1.46. The number of aliphatic carboxylic acids is 1. The molecule has 0 fully saturated rings.